The van der Waals surface area contributed by atoms with E-state index in [4.69, 9.17) is 5.11 Å². The molecule has 1 fully saturated rings. The molecule has 3 heteroatoms. The normalized spacial score (nSPS) is 28.8. The van der Waals surface area contributed by atoms with Gasteiger partial charge in [-0.1, -0.05) is 18.2 Å². The van der Waals surface area contributed by atoms with Crippen LogP contribution in [0, 0.1) is 24.7 Å². The number of hydrogen-bond donors (Lipinski definition) is 1. The van der Waals surface area contributed by atoms with Crippen molar-refractivity contribution >= 4 is 11.8 Å². The number of carboxylic acid groups (broad SMARTS) is 1. The first-order valence-corrected chi connectivity index (χ1v) is 8.43. The quantitative estimate of drug-likeness (QED) is 0.839. The molecule has 0 aliphatic heterocycles. The zero-order valence-electron chi connectivity index (χ0n) is 13.2. The zero-order chi connectivity index (χ0) is 15.7. The molecule has 0 amide bonds. The summed E-state index contributed by atoms with van der Waals surface area (Å²) in [5, 5.41) is 9.13. The van der Waals surface area contributed by atoms with Crippen LogP contribution in [0.25, 0.3) is 0 Å². The van der Waals surface area contributed by atoms with E-state index in [1.807, 2.05) is 12.1 Å². The Bertz CT molecular complexity index is 582. The summed E-state index contributed by atoms with van der Waals surface area (Å²) < 4.78 is 0. The van der Waals surface area contributed by atoms with E-state index in [-0.39, 0.29) is 11.8 Å². The highest BCUT2D eigenvalue weighted by Crippen LogP contribution is 2.39. The minimum absolute atomic E-state index is 0.0952. The van der Waals surface area contributed by atoms with Crippen LogP contribution < -0.4 is 0 Å². The largest absolute Gasteiger partial charge is 0.481 e. The molecule has 1 aromatic rings. The second kappa shape index (κ2) is 6.23. The fraction of sp³-hybridized carbons (Fsp3) is 0.579. The number of carboxylic acids is 1. The molecule has 3 nitrogen and oxygen atoms in total. The lowest BCUT2D eigenvalue weighted by molar-refractivity contribution is -0.143. The predicted octanol–water partition coefficient (Wildman–Crippen LogP) is 4.02. The Morgan fingerprint density at radius 3 is 2.55 bits per heavy atom. The van der Waals surface area contributed by atoms with Crippen LogP contribution in [0.5, 0.6) is 0 Å². The van der Waals surface area contributed by atoms with Gasteiger partial charge >= 0.3 is 5.97 Å². The number of benzene rings is 1. The number of aliphatic carboxylic acids is 1. The van der Waals surface area contributed by atoms with E-state index in [1.54, 1.807) is 0 Å². The summed E-state index contributed by atoms with van der Waals surface area (Å²) in [5.41, 5.74) is 3.37. The molecule has 0 heterocycles. The Balaban J connectivity index is 1.78. The summed E-state index contributed by atoms with van der Waals surface area (Å²) in [6.45, 7) is 2.09. The Labute approximate surface area is 131 Å². The molecular weight excluding hydrogens is 276 g/mol. The summed E-state index contributed by atoms with van der Waals surface area (Å²) in [6, 6.07) is 6.05. The average molecular weight is 300 g/mol. The van der Waals surface area contributed by atoms with Crippen LogP contribution in [0.15, 0.2) is 18.2 Å². The van der Waals surface area contributed by atoms with E-state index in [1.165, 1.54) is 11.1 Å². The molecule has 0 saturated heterocycles. The lowest BCUT2D eigenvalue weighted by Gasteiger charge is -2.31. The Morgan fingerprint density at radius 2 is 1.86 bits per heavy atom. The summed E-state index contributed by atoms with van der Waals surface area (Å²) in [6.07, 6.45) is 6.23. The number of hydrogen-bond acceptors (Lipinski definition) is 2. The Hall–Kier alpha value is -1.64. The first kappa shape index (κ1) is 15.3. The van der Waals surface area contributed by atoms with Gasteiger partial charge in [0.05, 0.1) is 5.92 Å². The van der Waals surface area contributed by atoms with Gasteiger partial charge in [0.15, 0.2) is 5.78 Å². The minimum atomic E-state index is -0.674. The first-order chi connectivity index (χ1) is 10.6. The molecule has 0 spiro atoms. The number of fused-ring (bicyclic) bond motifs is 1. The third kappa shape index (κ3) is 2.81. The van der Waals surface area contributed by atoms with Crippen molar-refractivity contribution in [3.05, 3.63) is 34.9 Å². The fourth-order valence-corrected chi connectivity index (χ4v) is 4.31. The number of Topliss-reactive ketones (excluding diaryl/α,β-unsaturated/α-hetero) is 1. The summed E-state index contributed by atoms with van der Waals surface area (Å²) in [4.78, 5) is 24.1. The first-order valence-electron chi connectivity index (χ1n) is 8.43. The van der Waals surface area contributed by atoms with Crippen molar-refractivity contribution in [3.63, 3.8) is 0 Å². The van der Waals surface area contributed by atoms with Gasteiger partial charge in [-0.05, 0) is 68.9 Å². The third-order valence-electron chi connectivity index (χ3n) is 5.64. The SMILES string of the molecule is Cc1cccc2c1CCCC(C1CCC(C(=O)O)CC1)C2=O. The molecular formula is C19H24O3. The molecule has 1 aromatic carbocycles. The van der Waals surface area contributed by atoms with E-state index < -0.39 is 5.97 Å². The number of carbonyl (C=O) groups is 2. The van der Waals surface area contributed by atoms with Crippen LogP contribution in [0.3, 0.4) is 0 Å². The van der Waals surface area contributed by atoms with Gasteiger partial charge in [0.2, 0.25) is 0 Å². The van der Waals surface area contributed by atoms with Crippen LogP contribution in [0.1, 0.15) is 60.0 Å². The van der Waals surface area contributed by atoms with Gasteiger partial charge in [-0.25, -0.2) is 0 Å². The smallest absolute Gasteiger partial charge is 0.306 e. The van der Waals surface area contributed by atoms with Gasteiger partial charge in [-0.2, -0.15) is 0 Å². The van der Waals surface area contributed by atoms with Gasteiger partial charge < -0.3 is 5.11 Å². The van der Waals surface area contributed by atoms with Gasteiger partial charge in [-0.15, -0.1) is 0 Å². The molecule has 0 bridgehead atoms. The van der Waals surface area contributed by atoms with E-state index >= 15 is 0 Å². The van der Waals surface area contributed by atoms with Crippen LogP contribution >= 0.6 is 0 Å². The summed E-state index contributed by atoms with van der Waals surface area (Å²) in [7, 11) is 0. The second-order valence-corrected chi connectivity index (χ2v) is 6.91. The topological polar surface area (TPSA) is 54.4 Å². The van der Waals surface area contributed by atoms with Crippen LogP contribution in [-0.2, 0) is 11.2 Å². The predicted molar refractivity (Wildman–Crippen MR) is 85.0 cm³/mol. The molecule has 3 rings (SSSR count). The summed E-state index contributed by atoms with van der Waals surface area (Å²) >= 11 is 0. The number of ketones is 1. The van der Waals surface area contributed by atoms with E-state index in [2.05, 4.69) is 13.0 Å². The van der Waals surface area contributed by atoms with E-state index in [9.17, 15) is 9.59 Å². The molecule has 118 valence electrons. The minimum Gasteiger partial charge on any atom is -0.481 e. The summed E-state index contributed by atoms with van der Waals surface area (Å²) in [5.74, 6) is -0.111. The monoisotopic (exact) mass is 300 g/mol. The molecule has 0 aromatic heterocycles. The maximum absolute atomic E-state index is 13.0. The molecule has 0 radical (unpaired) electrons. The maximum atomic E-state index is 13.0. The van der Waals surface area contributed by atoms with Crippen LogP contribution in [-0.4, -0.2) is 16.9 Å². The Kier molecular flexibility index (Phi) is 4.32. The Morgan fingerprint density at radius 1 is 1.14 bits per heavy atom. The molecule has 2 aliphatic rings. The standard InChI is InChI=1S/C19H24O3/c1-12-4-2-7-17-15(12)5-3-6-16(18(17)20)13-8-10-14(11-9-13)19(21)22/h2,4,7,13-14,16H,3,5-6,8-11H2,1H3,(H,21,22). The fourth-order valence-electron chi connectivity index (χ4n) is 4.31. The molecule has 1 N–H and O–H groups in total. The van der Waals surface area contributed by atoms with Gasteiger partial charge in [0.25, 0.3) is 0 Å². The highest BCUT2D eigenvalue weighted by atomic mass is 16.4. The molecule has 1 saturated carbocycles. The molecule has 22 heavy (non-hydrogen) atoms. The van der Waals surface area contributed by atoms with Crippen molar-refractivity contribution in [2.24, 2.45) is 17.8 Å². The molecule has 1 unspecified atom stereocenters. The van der Waals surface area contributed by atoms with E-state index in [0.29, 0.717) is 11.7 Å². The highest BCUT2D eigenvalue weighted by Gasteiger charge is 2.36. The van der Waals surface area contributed by atoms with E-state index in [0.717, 1.165) is 50.5 Å². The number of carbonyl (C=O) groups excluding carboxylic acids is 1. The maximum Gasteiger partial charge on any atom is 0.306 e. The highest BCUT2D eigenvalue weighted by molar-refractivity contribution is 6.00. The van der Waals surface area contributed by atoms with Crippen molar-refractivity contribution in [1.82, 2.24) is 0 Å². The van der Waals surface area contributed by atoms with Gasteiger partial charge in [0, 0.05) is 11.5 Å². The van der Waals surface area contributed by atoms with Crippen molar-refractivity contribution < 1.29 is 14.7 Å². The van der Waals surface area contributed by atoms with Crippen molar-refractivity contribution in [1.29, 1.82) is 0 Å². The van der Waals surface area contributed by atoms with Crippen molar-refractivity contribution in [2.45, 2.75) is 51.9 Å². The van der Waals surface area contributed by atoms with Gasteiger partial charge in [0.1, 0.15) is 0 Å². The van der Waals surface area contributed by atoms with Crippen LogP contribution in [0.2, 0.25) is 0 Å². The third-order valence-corrected chi connectivity index (χ3v) is 5.64. The lowest BCUT2D eigenvalue weighted by atomic mass is 9.72. The number of rotatable bonds is 2. The van der Waals surface area contributed by atoms with Crippen molar-refractivity contribution in [3.8, 4) is 0 Å². The van der Waals surface area contributed by atoms with Gasteiger partial charge in [-0.3, -0.25) is 9.59 Å². The zero-order valence-corrected chi connectivity index (χ0v) is 13.2. The average Bonchev–Trinajstić information content (AvgIpc) is 2.68. The van der Waals surface area contributed by atoms with Crippen molar-refractivity contribution in [2.75, 3.05) is 0 Å². The second-order valence-electron chi connectivity index (χ2n) is 6.91. The van der Waals surface area contributed by atoms with Crippen LogP contribution in [0.4, 0.5) is 0 Å². The lowest BCUT2D eigenvalue weighted by Crippen LogP contribution is -2.29. The molecule has 2 aliphatic carbocycles. The molecule has 1 atom stereocenters. The number of aryl methyl sites for hydroxylation is 1.